The zero-order valence-corrected chi connectivity index (χ0v) is 8.46. The van der Waals surface area contributed by atoms with E-state index in [-0.39, 0.29) is 6.10 Å². The molecule has 72 valence electrons. The molecule has 1 N–H and O–H groups in total. The van der Waals surface area contributed by atoms with Gasteiger partial charge in [-0.3, -0.25) is 0 Å². The van der Waals surface area contributed by atoms with Crippen LogP contribution in [-0.4, -0.2) is 11.2 Å². The first kappa shape index (κ1) is 10.3. The molecular weight excluding hydrogens is 160 g/mol. The second-order valence-electron chi connectivity index (χ2n) is 4.17. The van der Waals surface area contributed by atoms with Crippen LogP contribution in [0.2, 0.25) is 0 Å². The van der Waals surface area contributed by atoms with Gasteiger partial charge in [0.15, 0.2) is 0 Å². The first-order chi connectivity index (χ1) is 6.13. The molecule has 0 saturated carbocycles. The van der Waals surface area contributed by atoms with Gasteiger partial charge in [0, 0.05) is 6.42 Å². The lowest BCUT2D eigenvalue weighted by molar-refractivity contribution is 0.0975. The molecule has 1 rings (SSSR count). The van der Waals surface area contributed by atoms with Crippen LogP contribution >= 0.6 is 0 Å². The molecule has 0 aromatic heterocycles. The molecule has 0 heterocycles. The molecule has 0 radical (unpaired) electrons. The van der Waals surface area contributed by atoms with Gasteiger partial charge in [-0.05, 0) is 31.6 Å². The van der Waals surface area contributed by atoms with E-state index in [9.17, 15) is 5.11 Å². The Morgan fingerprint density at radius 3 is 3.00 bits per heavy atom. The minimum atomic E-state index is -0.309. The SMILES string of the molecule is C#CCC(O)C1CC(C)=CC(C)C1. The lowest BCUT2D eigenvalue weighted by Gasteiger charge is -2.28. The van der Waals surface area contributed by atoms with E-state index in [1.807, 2.05) is 0 Å². The largest absolute Gasteiger partial charge is 0.392 e. The maximum absolute atomic E-state index is 9.74. The van der Waals surface area contributed by atoms with Crippen molar-refractivity contribution < 1.29 is 5.11 Å². The summed E-state index contributed by atoms with van der Waals surface area (Å²) in [4.78, 5) is 0. The minimum absolute atomic E-state index is 0.309. The Bertz CT molecular complexity index is 234. The third-order valence-electron chi connectivity index (χ3n) is 2.70. The van der Waals surface area contributed by atoms with Crippen LogP contribution in [0.5, 0.6) is 0 Å². The Hall–Kier alpha value is -0.740. The number of allylic oxidation sites excluding steroid dienone is 2. The Labute approximate surface area is 80.9 Å². The summed E-state index contributed by atoms with van der Waals surface area (Å²) >= 11 is 0. The van der Waals surface area contributed by atoms with E-state index in [1.165, 1.54) is 5.57 Å². The van der Waals surface area contributed by atoms with Gasteiger partial charge >= 0.3 is 0 Å². The molecule has 0 aliphatic heterocycles. The molecular formula is C12H18O. The second-order valence-corrected chi connectivity index (χ2v) is 4.17. The van der Waals surface area contributed by atoms with Crippen LogP contribution in [0.3, 0.4) is 0 Å². The van der Waals surface area contributed by atoms with Gasteiger partial charge in [-0.1, -0.05) is 18.6 Å². The minimum Gasteiger partial charge on any atom is -0.392 e. The third kappa shape index (κ3) is 2.90. The highest BCUT2D eigenvalue weighted by atomic mass is 16.3. The van der Waals surface area contributed by atoms with Crippen molar-refractivity contribution in [3.05, 3.63) is 11.6 Å². The summed E-state index contributed by atoms with van der Waals surface area (Å²) in [5, 5.41) is 9.74. The highest BCUT2D eigenvalue weighted by Gasteiger charge is 2.23. The molecule has 3 unspecified atom stereocenters. The van der Waals surface area contributed by atoms with Crippen LogP contribution < -0.4 is 0 Å². The number of aliphatic hydroxyl groups excluding tert-OH is 1. The molecule has 3 atom stereocenters. The molecule has 0 saturated heterocycles. The Morgan fingerprint density at radius 1 is 1.77 bits per heavy atom. The standard InChI is InChI=1S/C12H18O/c1-4-5-12(13)11-7-9(2)6-10(3)8-11/h1,6,9,11-13H,5,7-8H2,2-3H3. The molecule has 1 aliphatic rings. The molecule has 0 fully saturated rings. The van der Waals surface area contributed by atoms with Gasteiger partial charge in [0.05, 0.1) is 6.10 Å². The molecule has 1 nitrogen and oxygen atoms in total. The van der Waals surface area contributed by atoms with Crippen molar-refractivity contribution in [2.75, 3.05) is 0 Å². The predicted octanol–water partition coefficient (Wildman–Crippen LogP) is 2.36. The van der Waals surface area contributed by atoms with E-state index in [0.717, 1.165) is 12.8 Å². The number of rotatable bonds is 2. The summed E-state index contributed by atoms with van der Waals surface area (Å²) < 4.78 is 0. The Morgan fingerprint density at radius 2 is 2.46 bits per heavy atom. The Balaban J connectivity index is 2.55. The first-order valence-electron chi connectivity index (χ1n) is 4.92. The van der Waals surface area contributed by atoms with Crippen molar-refractivity contribution in [3.63, 3.8) is 0 Å². The number of hydrogen-bond acceptors (Lipinski definition) is 1. The summed E-state index contributed by atoms with van der Waals surface area (Å²) in [6, 6.07) is 0. The fraction of sp³-hybridized carbons (Fsp3) is 0.667. The van der Waals surface area contributed by atoms with Crippen molar-refractivity contribution in [1.82, 2.24) is 0 Å². The fourth-order valence-corrected chi connectivity index (χ4v) is 2.18. The van der Waals surface area contributed by atoms with Crippen molar-refractivity contribution in [2.24, 2.45) is 11.8 Å². The van der Waals surface area contributed by atoms with E-state index >= 15 is 0 Å². The van der Waals surface area contributed by atoms with Crippen LogP contribution in [0.4, 0.5) is 0 Å². The van der Waals surface area contributed by atoms with Crippen molar-refractivity contribution in [3.8, 4) is 12.3 Å². The van der Waals surface area contributed by atoms with E-state index in [4.69, 9.17) is 6.42 Å². The third-order valence-corrected chi connectivity index (χ3v) is 2.70. The molecule has 13 heavy (non-hydrogen) atoms. The lowest BCUT2D eigenvalue weighted by atomic mass is 9.80. The second kappa shape index (κ2) is 4.48. The predicted molar refractivity (Wildman–Crippen MR) is 55.1 cm³/mol. The molecule has 0 amide bonds. The summed E-state index contributed by atoms with van der Waals surface area (Å²) in [5.41, 5.74) is 1.39. The van der Waals surface area contributed by atoms with Gasteiger partial charge in [0.1, 0.15) is 0 Å². The van der Waals surface area contributed by atoms with Crippen LogP contribution in [0.25, 0.3) is 0 Å². The van der Waals surface area contributed by atoms with Crippen LogP contribution in [-0.2, 0) is 0 Å². The normalized spacial score (nSPS) is 30.5. The summed E-state index contributed by atoms with van der Waals surface area (Å²) in [6.07, 6.45) is 9.73. The monoisotopic (exact) mass is 178 g/mol. The van der Waals surface area contributed by atoms with Gasteiger partial charge in [-0.15, -0.1) is 12.3 Å². The zero-order chi connectivity index (χ0) is 9.84. The van der Waals surface area contributed by atoms with Crippen molar-refractivity contribution in [2.45, 2.75) is 39.2 Å². The zero-order valence-electron chi connectivity index (χ0n) is 8.46. The maximum atomic E-state index is 9.74. The van der Waals surface area contributed by atoms with Crippen LogP contribution in [0.15, 0.2) is 11.6 Å². The average molecular weight is 178 g/mol. The average Bonchev–Trinajstić information content (AvgIpc) is 2.03. The van der Waals surface area contributed by atoms with Crippen LogP contribution in [0.1, 0.15) is 33.1 Å². The number of terminal acetylenes is 1. The molecule has 0 aromatic rings. The number of aliphatic hydroxyl groups is 1. The van der Waals surface area contributed by atoms with Gasteiger partial charge in [0.25, 0.3) is 0 Å². The molecule has 0 spiro atoms. The van der Waals surface area contributed by atoms with Crippen LogP contribution in [0, 0.1) is 24.2 Å². The van der Waals surface area contributed by atoms with Gasteiger partial charge in [-0.2, -0.15) is 0 Å². The van der Waals surface area contributed by atoms with Gasteiger partial charge < -0.3 is 5.11 Å². The van der Waals surface area contributed by atoms with Gasteiger partial charge in [0.2, 0.25) is 0 Å². The Kier molecular flexibility index (Phi) is 3.57. The highest BCUT2D eigenvalue weighted by Crippen LogP contribution is 2.30. The molecule has 0 aromatic carbocycles. The number of hydrogen-bond donors (Lipinski definition) is 1. The van der Waals surface area contributed by atoms with Crippen molar-refractivity contribution in [1.29, 1.82) is 0 Å². The maximum Gasteiger partial charge on any atom is 0.0680 e. The molecule has 1 heteroatoms. The lowest BCUT2D eigenvalue weighted by Crippen LogP contribution is -2.24. The van der Waals surface area contributed by atoms with Gasteiger partial charge in [-0.25, -0.2) is 0 Å². The fourth-order valence-electron chi connectivity index (χ4n) is 2.18. The van der Waals surface area contributed by atoms with E-state index < -0.39 is 0 Å². The first-order valence-corrected chi connectivity index (χ1v) is 4.92. The molecule has 1 aliphatic carbocycles. The smallest absolute Gasteiger partial charge is 0.0680 e. The highest BCUT2D eigenvalue weighted by molar-refractivity contribution is 5.07. The summed E-state index contributed by atoms with van der Waals surface area (Å²) in [5.74, 6) is 3.49. The molecule has 0 bridgehead atoms. The quantitative estimate of drug-likeness (QED) is 0.508. The van der Waals surface area contributed by atoms with E-state index in [2.05, 4.69) is 25.8 Å². The van der Waals surface area contributed by atoms with Crippen molar-refractivity contribution >= 4 is 0 Å². The summed E-state index contributed by atoms with van der Waals surface area (Å²) in [7, 11) is 0. The summed E-state index contributed by atoms with van der Waals surface area (Å²) in [6.45, 7) is 4.32. The van der Waals surface area contributed by atoms with E-state index in [1.54, 1.807) is 0 Å². The topological polar surface area (TPSA) is 20.2 Å². The van der Waals surface area contributed by atoms with E-state index in [0.29, 0.717) is 18.3 Å².